The Balaban J connectivity index is 3.02. The summed E-state index contributed by atoms with van der Waals surface area (Å²) in [6.07, 6.45) is 0.723. The fourth-order valence-corrected chi connectivity index (χ4v) is 2.36. The van der Waals surface area contributed by atoms with E-state index in [9.17, 15) is 9.59 Å². The molecule has 19 heavy (non-hydrogen) atoms. The summed E-state index contributed by atoms with van der Waals surface area (Å²) in [6, 6.07) is 1.66. The predicted molar refractivity (Wildman–Crippen MR) is 78.6 cm³/mol. The van der Waals surface area contributed by atoms with Gasteiger partial charge in [-0.25, -0.2) is 4.79 Å². The van der Waals surface area contributed by atoms with E-state index >= 15 is 0 Å². The third kappa shape index (κ3) is 4.53. The number of amides is 1. The van der Waals surface area contributed by atoms with Crippen molar-refractivity contribution in [2.45, 2.75) is 24.1 Å². The first-order valence-corrected chi connectivity index (χ1v) is 7.42. The van der Waals surface area contributed by atoms with Crippen LogP contribution in [0.3, 0.4) is 0 Å². The van der Waals surface area contributed by atoms with E-state index in [0.29, 0.717) is 5.00 Å². The Morgan fingerprint density at radius 2 is 2.00 bits per heavy atom. The highest BCUT2D eigenvalue weighted by Crippen LogP contribution is 2.33. The summed E-state index contributed by atoms with van der Waals surface area (Å²) in [7, 11) is 0. The van der Waals surface area contributed by atoms with Crippen LogP contribution in [-0.2, 0) is 16.0 Å². The molecular formula is C11H12Cl3NO3S. The van der Waals surface area contributed by atoms with Crippen molar-refractivity contribution in [2.24, 2.45) is 0 Å². The van der Waals surface area contributed by atoms with Gasteiger partial charge in [0.25, 0.3) is 9.70 Å². The van der Waals surface area contributed by atoms with E-state index in [4.69, 9.17) is 39.5 Å². The van der Waals surface area contributed by atoms with E-state index in [1.807, 2.05) is 6.92 Å². The molecule has 0 fully saturated rings. The molecule has 0 aliphatic heterocycles. The second-order valence-corrected chi connectivity index (χ2v) is 6.90. The van der Waals surface area contributed by atoms with Gasteiger partial charge in [-0.05, 0) is 19.4 Å². The Labute approximate surface area is 130 Å². The number of carbonyl (C=O) groups is 2. The van der Waals surface area contributed by atoms with Crippen LogP contribution in [-0.4, -0.2) is 22.3 Å². The van der Waals surface area contributed by atoms with Crippen LogP contribution in [0.25, 0.3) is 0 Å². The van der Waals surface area contributed by atoms with Crippen LogP contribution >= 0.6 is 46.1 Å². The molecule has 1 aromatic rings. The lowest BCUT2D eigenvalue weighted by Crippen LogP contribution is -2.27. The highest BCUT2D eigenvalue weighted by Gasteiger charge is 2.32. The Morgan fingerprint density at radius 3 is 2.47 bits per heavy atom. The van der Waals surface area contributed by atoms with Gasteiger partial charge in [-0.2, -0.15) is 0 Å². The van der Waals surface area contributed by atoms with Crippen LogP contribution in [0.1, 0.15) is 29.1 Å². The molecule has 0 unspecified atom stereocenters. The van der Waals surface area contributed by atoms with Crippen LogP contribution in [0.5, 0.6) is 0 Å². The van der Waals surface area contributed by atoms with Crippen molar-refractivity contribution in [1.82, 2.24) is 0 Å². The number of aryl methyl sites for hydroxylation is 1. The quantitative estimate of drug-likeness (QED) is 0.668. The fourth-order valence-electron chi connectivity index (χ4n) is 1.24. The number of anilines is 1. The van der Waals surface area contributed by atoms with E-state index < -0.39 is 15.7 Å². The topological polar surface area (TPSA) is 55.4 Å². The van der Waals surface area contributed by atoms with E-state index in [0.717, 1.165) is 11.3 Å². The molecule has 0 aromatic carbocycles. The largest absolute Gasteiger partial charge is 0.462 e. The maximum atomic E-state index is 11.8. The highest BCUT2D eigenvalue weighted by molar-refractivity contribution is 7.16. The van der Waals surface area contributed by atoms with E-state index in [2.05, 4.69) is 5.32 Å². The van der Waals surface area contributed by atoms with Crippen molar-refractivity contribution in [3.63, 3.8) is 0 Å². The van der Waals surface area contributed by atoms with Crippen LogP contribution < -0.4 is 5.32 Å². The number of thiophene rings is 1. The molecule has 1 heterocycles. The summed E-state index contributed by atoms with van der Waals surface area (Å²) in [4.78, 5) is 24.3. The fraction of sp³-hybridized carbons (Fsp3) is 0.455. The normalized spacial score (nSPS) is 11.2. The maximum Gasteiger partial charge on any atom is 0.341 e. The molecule has 0 aliphatic rings. The first-order chi connectivity index (χ1) is 8.79. The van der Waals surface area contributed by atoms with Crippen LogP contribution in [0.2, 0.25) is 0 Å². The zero-order chi connectivity index (χ0) is 14.6. The van der Waals surface area contributed by atoms with Crippen molar-refractivity contribution in [2.75, 3.05) is 11.9 Å². The first-order valence-electron chi connectivity index (χ1n) is 5.47. The lowest BCUT2D eigenvalue weighted by atomic mass is 10.2. The second-order valence-electron chi connectivity index (χ2n) is 3.48. The number of alkyl halides is 3. The molecular weight excluding hydrogens is 333 g/mol. The Hall–Kier alpha value is -0.490. The van der Waals surface area contributed by atoms with Crippen molar-refractivity contribution in [3.8, 4) is 0 Å². The standard InChI is InChI=1S/C11H12Cl3NO3S/c1-3-6-5-7(9(16)18-4-2)8(19-6)15-10(17)11(12,13)14/h5H,3-4H2,1-2H3,(H,15,17). The van der Waals surface area contributed by atoms with E-state index in [1.54, 1.807) is 13.0 Å². The average molecular weight is 345 g/mol. The summed E-state index contributed by atoms with van der Waals surface area (Å²) in [5, 5.41) is 2.75. The molecule has 0 atom stereocenters. The lowest BCUT2D eigenvalue weighted by Gasteiger charge is -2.11. The van der Waals surface area contributed by atoms with Gasteiger partial charge in [-0.3, -0.25) is 4.79 Å². The van der Waals surface area contributed by atoms with Crippen molar-refractivity contribution in [3.05, 3.63) is 16.5 Å². The van der Waals surface area contributed by atoms with Gasteiger partial charge in [0.15, 0.2) is 0 Å². The SMILES string of the molecule is CCOC(=O)c1cc(CC)sc1NC(=O)C(Cl)(Cl)Cl. The summed E-state index contributed by atoms with van der Waals surface area (Å²) in [5.41, 5.74) is 0.270. The summed E-state index contributed by atoms with van der Waals surface area (Å²) in [6.45, 7) is 3.87. The van der Waals surface area contributed by atoms with Crippen LogP contribution in [0.4, 0.5) is 5.00 Å². The number of halogens is 3. The van der Waals surface area contributed by atoms with Gasteiger partial charge in [0.1, 0.15) is 5.00 Å². The minimum atomic E-state index is -2.08. The summed E-state index contributed by atoms with van der Waals surface area (Å²) in [5.74, 6) is -1.33. The Bertz CT molecular complexity index is 482. The number of esters is 1. The van der Waals surface area contributed by atoms with Crippen molar-refractivity contribution in [1.29, 1.82) is 0 Å². The minimum Gasteiger partial charge on any atom is -0.462 e. The monoisotopic (exact) mass is 343 g/mol. The Morgan fingerprint density at radius 1 is 1.37 bits per heavy atom. The summed E-state index contributed by atoms with van der Waals surface area (Å²) < 4.78 is 2.83. The Kier molecular flexibility index (Phi) is 5.92. The molecule has 4 nitrogen and oxygen atoms in total. The predicted octanol–water partition coefficient (Wildman–Crippen LogP) is 3.80. The minimum absolute atomic E-state index is 0.244. The van der Waals surface area contributed by atoms with Gasteiger partial charge < -0.3 is 10.1 Å². The molecule has 0 aliphatic carbocycles. The number of ether oxygens (including phenoxy) is 1. The second kappa shape index (κ2) is 6.79. The third-order valence-corrected chi connectivity index (χ3v) is 3.82. The number of hydrogen-bond acceptors (Lipinski definition) is 4. The maximum absolute atomic E-state index is 11.8. The molecule has 0 bridgehead atoms. The molecule has 106 valence electrons. The first kappa shape index (κ1) is 16.6. The zero-order valence-electron chi connectivity index (χ0n) is 10.3. The lowest BCUT2D eigenvalue weighted by molar-refractivity contribution is -0.115. The van der Waals surface area contributed by atoms with Gasteiger partial charge in [0, 0.05) is 4.88 Å². The number of hydrogen-bond donors (Lipinski definition) is 1. The molecule has 0 spiro atoms. The molecule has 1 aromatic heterocycles. The molecule has 1 amide bonds. The molecule has 0 saturated carbocycles. The molecule has 1 N–H and O–H groups in total. The van der Waals surface area contributed by atoms with Crippen molar-refractivity contribution >= 4 is 63.0 Å². The van der Waals surface area contributed by atoms with Gasteiger partial charge in [0.2, 0.25) is 0 Å². The summed E-state index contributed by atoms with van der Waals surface area (Å²) >= 11 is 17.7. The van der Waals surface area contributed by atoms with Crippen LogP contribution in [0, 0.1) is 0 Å². The molecule has 0 saturated heterocycles. The smallest absolute Gasteiger partial charge is 0.341 e. The van der Waals surface area contributed by atoms with E-state index in [-0.39, 0.29) is 12.2 Å². The highest BCUT2D eigenvalue weighted by atomic mass is 35.6. The number of carbonyl (C=O) groups excluding carboxylic acids is 2. The van der Waals surface area contributed by atoms with Gasteiger partial charge in [-0.15, -0.1) is 11.3 Å². The molecule has 1 rings (SSSR count). The number of rotatable bonds is 4. The van der Waals surface area contributed by atoms with Gasteiger partial charge in [-0.1, -0.05) is 41.7 Å². The van der Waals surface area contributed by atoms with Crippen LogP contribution in [0.15, 0.2) is 6.07 Å². The van der Waals surface area contributed by atoms with Crippen molar-refractivity contribution < 1.29 is 14.3 Å². The van der Waals surface area contributed by atoms with Gasteiger partial charge >= 0.3 is 5.97 Å². The average Bonchev–Trinajstić information content (AvgIpc) is 2.71. The number of nitrogens with one attached hydrogen (secondary N) is 1. The zero-order valence-corrected chi connectivity index (χ0v) is 13.3. The van der Waals surface area contributed by atoms with E-state index in [1.165, 1.54) is 11.3 Å². The molecule has 0 radical (unpaired) electrons. The third-order valence-electron chi connectivity index (χ3n) is 2.11. The molecule has 8 heteroatoms. The van der Waals surface area contributed by atoms with Gasteiger partial charge in [0.05, 0.1) is 12.2 Å².